The number of esters is 1. The Morgan fingerprint density at radius 2 is 1.90 bits per heavy atom. The van der Waals surface area contributed by atoms with Crippen LogP contribution in [0.4, 0.5) is 5.69 Å². The third kappa shape index (κ3) is 3.98. The number of ether oxygens (including phenoxy) is 2. The smallest absolute Gasteiger partial charge is 0.338 e. The zero-order valence-electron chi connectivity index (χ0n) is 11.2. The highest BCUT2D eigenvalue weighted by molar-refractivity contribution is 9.11. The number of carbonyl (C=O) groups excluding carboxylic acids is 1. The lowest BCUT2D eigenvalue weighted by molar-refractivity contribution is 0.0526. The van der Waals surface area contributed by atoms with Gasteiger partial charge in [0, 0.05) is 4.47 Å². The first-order valence-electron chi connectivity index (χ1n) is 6.20. The topological polar surface area (TPSA) is 61.5 Å². The van der Waals surface area contributed by atoms with Crippen LogP contribution in [0.2, 0.25) is 0 Å². The first-order valence-corrected chi connectivity index (χ1v) is 7.79. The summed E-state index contributed by atoms with van der Waals surface area (Å²) in [5.74, 6) is 0.603. The predicted octanol–water partition coefficient (Wildman–Crippen LogP) is 4.76. The molecule has 0 aliphatic rings. The van der Waals surface area contributed by atoms with Gasteiger partial charge in [-0.05, 0) is 59.3 Å². The molecular weight excluding hydrogens is 402 g/mol. The van der Waals surface area contributed by atoms with Gasteiger partial charge in [0.25, 0.3) is 0 Å². The van der Waals surface area contributed by atoms with Crippen molar-refractivity contribution in [2.45, 2.75) is 6.92 Å². The van der Waals surface area contributed by atoms with E-state index < -0.39 is 5.97 Å². The minimum absolute atomic E-state index is 0.317. The fourth-order valence-electron chi connectivity index (χ4n) is 1.64. The number of rotatable bonds is 4. The summed E-state index contributed by atoms with van der Waals surface area (Å²) in [6, 6.07) is 10.3. The predicted molar refractivity (Wildman–Crippen MR) is 88.7 cm³/mol. The summed E-state index contributed by atoms with van der Waals surface area (Å²) in [4.78, 5) is 11.7. The molecule has 0 spiro atoms. The molecule has 2 rings (SSSR count). The molecule has 0 aliphatic heterocycles. The third-order valence-electron chi connectivity index (χ3n) is 2.64. The Morgan fingerprint density at radius 1 is 1.14 bits per heavy atom. The molecule has 0 fully saturated rings. The summed E-state index contributed by atoms with van der Waals surface area (Å²) < 4.78 is 12.4. The maximum atomic E-state index is 11.7. The van der Waals surface area contributed by atoms with Crippen LogP contribution in [-0.2, 0) is 4.74 Å². The number of hydrogen-bond donors (Lipinski definition) is 1. The Bertz CT molecular complexity index is 674. The van der Waals surface area contributed by atoms with Gasteiger partial charge in [-0.15, -0.1) is 0 Å². The fourth-order valence-corrected chi connectivity index (χ4v) is 2.77. The molecule has 2 N–H and O–H groups in total. The number of halogens is 2. The van der Waals surface area contributed by atoms with E-state index in [2.05, 4.69) is 31.9 Å². The van der Waals surface area contributed by atoms with E-state index in [0.717, 1.165) is 8.95 Å². The molecule has 21 heavy (non-hydrogen) atoms. The van der Waals surface area contributed by atoms with Crippen molar-refractivity contribution in [3.8, 4) is 11.5 Å². The Kier molecular flexibility index (Phi) is 5.25. The number of anilines is 1. The summed E-state index contributed by atoms with van der Waals surface area (Å²) in [6.07, 6.45) is 0. The van der Waals surface area contributed by atoms with E-state index in [0.29, 0.717) is 29.4 Å². The second kappa shape index (κ2) is 6.95. The molecule has 2 aromatic carbocycles. The van der Waals surface area contributed by atoms with Gasteiger partial charge in [0.15, 0.2) is 5.75 Å². The minimum atomic E-state index is -0.405. The molecule has 0 heterocycles. The van der Waals surface area contributed by atoms with Crippen molar-refractivity contribution in [3.63, 3.8) is 0 Å². The van der Waals surface area contributed by atoms with Crippen molar-refractivity contribution < 1.29 is 14.3 Å². The van der Waals surface area contributed by atoms with Crippen molar-refractivity contribution in [2.24, 2.45) is 0 Å². The van der Waals surface area contributed by atoms with E-state index in [-0.39, 0.29) is 0 Å². The molecule has 4 nitrogen and oxygen atoms in total. The van der Waals surface area contributed by atoms with E-state index in [1.807, 2.05) is 12.1 Å². The Morgan fingerprint density at radius 3 is 2.57 bits per heavy atom. The van der Waals surface area contributed by atoms with E-state index in [1.165, 1.54) is 0 Å². The van der Waals surface area contributed by atoms with Gasteiger partial charge in [-0.2, -0.15) is 0 Å². The summed E-state index contributed by atoms with van der Waals surface area (Å²) in [6.45, 7) is 2.07. The molecule has 0 saturated carbocycles. The molecule has 2 aromatic rings. The van der Waals surface area contributed by atoms with E-state index in [1.54, 1.807) is 31.2 Å². The lowest BCUT2D eigenvalue weighted by atomic mass is 10.2. The van der Waals surface area contributed by atoms with Crippen molar-refractivity contribution >= 4 is 43.5 Å². The van der Waals surface area contributed by atoms with Crippen molar-refractivity contribution in [3.05, 3.63) is 50.9 Å². The van der Waals surface area contributed by atoms with Crippen molar-refractivity contribution in [1.82, 2.24) is 0 Å². The quantitative estimate of drug-likeness (QED) is 0.578. The van der Waals surface area contributed by atoms with Gasteiger partial charge in [-0.3, -0.25) is 0 Å². The Hall–Kier alpha value is -1.53. The van der Waals surface area contributed by atoms with Gasteiger partial charge < -0.3 is 15.2 Å². The normalized spacial score (nSPS) is 10.2. The van der Waals surface area contributed by atoms with E-state index in [4.69, 9.17) is 15.2 Å². The zero-order chi connectivity index (χ0) is 15.4. The molecule has 110 valence electrons. The highest BCUT2D eigenvalue weighted by Crippen LogP contribution is 2.34. The number of carbonyl (C=O) groups is 1. The summed E-state index contributed by atoms with van der Waals surface area (Å²) in [5, 5.41) is 0. The monoisotopic (exact) mass is 413 g/mol. The highest BCUT2D eigenvalue weighted by Gasteiger charge is 2.12. The van der Waals surface area contributed by atoms with Gasteiger partial charge in [0.05, 0.1) is 22.3 Å². The van der Waals surface area contributed by atoms with Crippen LogP contribution in [0.25, 0.3) is 0 Å². The van der Waals surface area contributed by atoms with Gasteiger partial charge in [0.2, 0.25) is 0 Å². The number of nitrogens with two attached hydrogens (primary N) is 1. The van der Waals surface area contributed by atoms with Crippen LogP contribution < -0.4 is 10.5 Å². The first-order chi connectivity index (χ1) is 10.0. The molecular formula is C15H13Br2NO3. The number of nitrogen functional groups attached to an aromatic ring is 1. The molecule has 0 unspecified atom stereocenters. The van der Waals surface area contributed by atoms with Crippen LogP contribution in [0.15, 0.2) is 45.3 Å². The molecule has 0 atom stereocenters. The molecule has 0 radical (unpaired) electrons. The average Bonchev–Trinajstić information content (AvgIpc) is 2.44. The standard InChI is InChI=1S/C15H13Br2NO3/c1-2-20-15(19)9-3-5-12(18)14(7-9)21-13-6-4-10(16)8-11(13)17/h3-8H,2,18H2,1H3. The van der Waals surface area contributed by atoms with Crippen LogP contribution in [0.1, 0.15) is 17.3 Å². The Labute approximate surface area is 139 Å². The van der Waals surface area contributed by atoms with Gasteiger partial charge in [-0.1, -0.05) is 15.9 Å². The molecule has 0 aliphatic carbocycles. The van der Waals surface area contributed by atoms with E-state index in [9.17, 15) is 4.79 Å². The maximum absolute atomic E-state index is 11.7. The molecule has 0 bridgehead atoms. The number of benzene rings is 2. The summed E-state index contributed by atoms with van der Waals surface area (Å²) in [5.41, 5.74) is 6.73. The fraction of sp³-hybridized carbons (Fsp3) is 0.133. The van der Waals surface area contributed by atoms with Crippen LogP contribution >= 0.6 is 31.9 Å². The number of hydrogen-bond acceptors (Lipinski definition) is 4. The van der Waals surface area contributed by atoms with Crippen LogP contribution in [-0.4, -0.2) is 12.6 Å². The van der Waals surface area contributed by atoms with Crippen LogP contribution in [0, 0.1) is 0 Å². The summed E-state index contributed by atoms with van der Waals surface area (Å²) >= 11 is 6.79. The minimum Gasteiger partial charge on any atom is -0.462 e. The average molecular weight is 415 g/mol. The zero-order valence-corrected chi connectivity index (χ0v) is 14.4. The van der Waals surface area contributed by atoms with Crippen LogP contribution in [0.5, 0.6) is 11.5 Å². The molecule has 0 amide bonds. The lowest BCUT2D eigenvalue weighted by Crippen LogP contribution is -2.05. The van der Waals surface area contributed by atoms with Gasteiger partial charge in [0.1, 0.15) is 5.75 Å². The first kappa shape index (κ1) is 15.9. The highest BCUT2D eigenvalue weighted by atomic mass is 79.9. The molecule has 0 saturated heterocycles. The third-order valence-corrected chi connectivity index (χ3v) is 3.75. The van der Waals surface area contributed by atoms with Crippen LogP contribution in [0.3, 0.4) is 0 Å². The van der Waals surface area contributed by atoms with Crippen molar-refractivity contribution in [1.29, 1.82) is 0 Å². The molecule has 6 heteroatoms. The SMILES string of the molecule is CCOC(=O)c1ccc(N)c(Oc2ccc(Br)cc2Br)c1. The second-order valence-electron chi connectivity index (χ2n) is 4.15. The maximum Gasteiger partial charge on any atom is 0.338 e. The second-order valence-corrected chi connectivity index (χ2v) is 5.92. The van der Waals surface area contributed by atoms with Crippen molar-refractivity contribution in [2.75, 3.05) is 12.3 Å². The largest absolute Gasteiger partial charge is 0.462 e. The summed E-state index contributed by atoms with van der Waals surface area (Å²) in [7, 11) is 0. The Balaban J connectivity index is 2.30. The van der Waals surface area contributed by atoms with Gasteiger partial charge in [-0.25, -0.2) is 4.79 Å². The van der Waals surface area contributed by atoms with Gasteiger partial charge >= 0.3 is 5.97 Å². The lowest BCUT2D eigenvalue weighted by Gasteiger charge is -2.11. The van der Waals surface area contributed by atoms with E-state index >= 15 is 0 Å². The molecule has 0 aromatic heterocycles.